The topological polar surface area (TPSA) is 87.0 Å². The van der Waals surface area contributed by atoms with Gasteiger partial charge in [-0.1, -0.05) is 12.1 Å². The molecule has 10 heteroatoms. The van der Waals surface area contributed by atoms with Crippen LogP contribution in [-0.2, 0) is 18.3 Å². The van der Waals surface area contributed by atoms with E-state index in [1.165, 1.54) is 0 Å². The second-order valence-electron chi connectivity index (χ2n) is 7.98. The lowest BCUT2D eigenvalue weighted by molar-refractivity contribution is -0.00805. The van der Waals surface area contributed by atoms with Crippen molar-refractivity contribution in [2.45, 2.75) is 25.5 Å². The molecule has 0 saturated carbocycles. The van der Waals surface area contributed by atoms with Crippen LogP contribution in [-0.4, -0.2) is 71.4 Å². The number of anilines is 1. The second-order valence-corrected chi connectivity index (χ2v) is 7.98. The molecule has 2 saturated heterocycles. The molecule has 2 aliphatic rings. The number of carbonyl (C=O) groups excluding carboxylic acids is 1. The summed E-state index contributed by atoms with van der Waals surface area (Å²) in [7, 11) is 3.70. The van der Waals surface area contributed by atoms with E-state index >= 15 is 0 Å². The maximum Gasteiger partial charge on any atom is 0.321 e. The quantitative estimate of drug-likeness (QED) is 0.346. The number of benzene rings is 1. The predicted molar refractivity (Wildman–Crippen MR) is 135 cm³/mol. The van der Waals surface area contributed by atoms with Crippen LogP contribution in [0, 0.1) is 0 Å². The third kappa shape index (κ3) is 6.12. The standard InChI is InChI=1S/C22H31N7O2.HI/c1-23-21(29-10-11-31-20(16-29)18-14-25-27(2)15-18)24-13-17-6-5-7-19(12-17)26-22(30)28-8-3-4-9-28;/h5-7,12,14-15,20H,3-4,8-11,13,16H2,1-2H3,(H,23,24)(H,26,30);1H. The van der Waals surface area contributed by atoms with E-state index < -0.39 is 0 Å². The van der Waals surface area contributed by atoms with Gasteiger partial charge in [-0.25, -0.2) is 4.79 Å². The summed E-state index contributed by atoms with van der Waals surface area (Å²) in [4.78, 5) is 20.9. The number of hydrogen-bond donors (Lipinski definition) is 2. The molecule has 1 unspecified atom stereocenters. The summed E-state index contributed by atoms with van der Waals surface area (Å²) in [5, 5.41) is 10.7. The monoisotopic (exact) mass is 553 g/mol. The number of aromatic nitrogens is 2. The van der Waals surface area contributed by atoms with Crippen LogP contribution in [0.25, 0.3) is 0 Å². The first-order valence-corrected chi connectivity index (χ1v) is 10.8. The van der Waals surface area contributed by atoms with Crippen molar-refractivity contribution in [3.63, 3.8) is 0 Å². The first kappa shape index (κ1) is 24.3. The van der Waals surface area contributed by atoms with Crippen LogP contribution in [0.5, 0.6) is 0 Å². The van der Waals surface area contributed by atoms with Crippen LogP contribution >= 0.6 is 24.0 Å². The van der Waals surface area contributed by atoms with Gasteiger partial charge in [0, 0.05) is 57.7 Å². The van der Waals surface area contributed by atoms with Crippen molar-refractivity contribution in [3.05, 3.63) is 47.8 Å². The molecule has 0 radical (unpaired) electrons. The Kier molecular flexibility index (Phi) is 8.74. The molecule has 0 bridgehead atoms. The van der Waals surface area contributed by atoms with Crippen molar-refractivity contribution < 1.29 is 9.53 Å². The summed E-state index contributed by atoms with van der Waals surface area (Å²) in [6.45, 7) is 4.43. The lowest BCUT2D eigenvalue weighted by Gasteiger charge is -2.34. The van der Waals surface area contributed by atoms with Gasteiger partial charge in [0.1, 0.15) is 6.10 Å². The summed E-state index contributed by atoms with van der Waals surface area (Å²) < 4.78 is 7.73. The fourth-order valence-electron chi connectivity index (χ4n) is 4.04. The van der Waals surface area contributed by atoms with Gasteiger partial charge in [-0.3, -0.25) is 9.67 Å². The zero-order valence-corrected chi connectivity index (χ0v) is 21.0. The molecule has 3 heterocycles. The largest absolute Gasteiger partial charge is 0.370 e. The highest BCUT2D eigenvalue weighted by molar-refractivity contribution is 14.0. The minimum atomic E-state index is -0.0230. The van der Waals surface area contributed by atoms with E-state index in [1.54, 1.807) is 11.7 Å². The molecule has 1 atom stereocenters. The Morgan fingerprint density at radius 2 is 2.06 bits per heavy atom. The molecule has 32 heavy (non-hydrogen) atoms. The van der Waals surface area contributed by atoms with Crippen molar-refractivity contribution in [2.24, 2.45) is 12.0 Å². The molecule has 4 rings (SSSR count). The number of ether oxygens (including phenoxy) is 1. The number of aliphatic imine (C=N–C) groups is 1. The number of hydrogen-bond acceptors (Lipinski definition) is 4. The Balaban J connectivity index is 0.00000289. The number of morpholine rings is 1. The Hall–Kier alpha value is -2.34. The summed E-state index contributed by atoms with van der Waals surface area (Å²) in [5.74, 6) is 0.837. The van der Waals surface area contributed by atoms with Gasteiger partial charge in [-0.15, -0.1) is 24.0 Å². The lowest BCUT2D eigenvalue weighted by atomic mass is 10.1. The molecule has 2 aliphatic heterocycles. The number of halogens is 1. The van der Waals surface area contributed by atoms with Crippen LogP contribution in [0.15, 0.2) is 41.7 Å². The second kappa shape index (κ2) is 11.5. The Morgan fingerprint density at radius 1 is 1.25 bits per heavy atom. The van der Waals surface area contributed by atoms with Gasteiger partial charge >= 0.3 is 6.03 Å². The van der Waals surface area contributed by atoms with E-state index in [2.05, 4.69) is 25.6 Å². The van der Waals surface area contributed by atoms with Gasteiger partial charge in [0.2, 0.25) is 0 Å². The minimum absolute atomic E-state index is 0. The van der Waals surface area contributed by atoms with E-state index in [9.17, 15) is 4.79 Å². The van der Waals surface area contributed by atoms with Crippen LogP contribution in [0.1, 0.15) is 30.1 Å². The Morgan fingerprint density at radius 3 is 2.78 bits per heavy atom. The number of carbonyl (C=O) groups is 1. The fraction of sp³-hybridized carbons (Fsp3) is 0.500. The van der Waals surface area contributed by atoms with Crippen LogP contribution in [0.3, 0.4) is 0 Å². The fourth-order valence-corrected chi connectivity index (χ4v) is 4.04. The van der Waals surface area contributed by atoms with Gasteiger partial charge in [0.05, 0.1) is 19.3 Å². The van der Waals surface area contributed by atoms with E-state index in [-0.39, 0.29) is 36.1 Å². The molecular weight excluding hydrogens is 521 g/mol. The number of nitrogens with one attached hydrogen (secondary N) is 2. The summed E-state index contributed by atoms with van der Waals surface area (Å²) >= 11 is 0. The van der Waals surface area contributed by atoms with E-state index in [1.807, 2.05) is 48.6 Å². The Labute approximate surface area is 206 Å². The molecule has 174 valence electrons. The average Bonchev–Trinajstić information content (AvgIpc) is 3.47. The smallest absolute Gasteiger partial charge is 0.321 e. The number of rotatable bonds is 4. The zero-order chi connectivity index (χ0) is 21.6. The zero-order valence-electron chi connectivity index (χ0n) is 18.7. The molecule has 1 aromatic carbocycles. The third-order valence-electron chi connectivity index (χ3n) is 5.70. The minimum Gasteiger partial charge on any atom is -0.370 e. The van der Waals surface area contributed by atoms with E-state index in [4.69, 9.17) is 4.74 Å². The van der Waals surface area contributed by atoms with Crippen molar-refractivity contribution in [1.29, 1.82) is 0 Å². The molecule has 0 spiro atoms. The van der Waals surface area contributed by atoms with Crippen LogP contribution < -0.4 is 10.6 Å². The molecule has 2 amide bonds. The lowest BCUT2D eigenvalue weighted by Crippen LogP contribution is -2.47. The molecule has 0 aliphatic carbocycles. The van der Waals surface area contributed by atoms with Crippen molar-refractivity contribution in [1.82, 2.24) is 24.9 Å². The molecule has 9 nitrogen and oxygen atoms in total. The predicted octanol–water partition coefficient (Wildman–Crippen LogP) is 2.81. The SMILES string of the molecule is CN=C(NCc1cccc(NC(=O)N2CCCC2)c1)N1CCOC(c2cnn(C)c2)C1.I. The summed E-state index contributed by atoms with van der Waals surface area (Å²) in [5.41, 5.74) is 2.97. The number of aryl methyl sites for hydroxylation is 1. The number of amides is 2. The van der Waals surface area contributed by atoms with Crippen molar-refractivity contribution in [3.8, 4) is 0 Å². The maximum absolute atomic E-state index is 12.3. The highest BCUT2D eigenvalue weighted by Crippen LogP contribution is 2.22. The van der Waals surface area contributed by atoms with Gasteiger partial charge < -0.3 is 25.2 Å². The van der Waals surface area contributed by atoms with E-state index in [0.717, 1.165) is 61.8 Å². The number of likely N-dealkylation sites (tertiary alicyclic amines) is 1. The van der Waals surface area contributed by atoms with Crippen LogP contribution in [0.4, 0.5) is 10.5 Å². The average molecular weight is 553 g/mol. The van der Waals surface area contributed by atoms with Gasteiger partial charge in [0.25, 0.3) is 0 Å². The normalized spacial score (nSPS) is 18.9. The van der Waals surface area contributed by atoms with Crippen molar-refractivity contribution in [2.75, 3.05) is 45.2 Å². The first-order chi connectivity index (χ1) is 15.1. The first-order valence-electron chi connectivity index (χ1n) is 10.8. The number of urea groups is 1. The maximum atomic E-state index is 12.3. The molecule has 2 N–H and O–H groups in total. The van der Waals surface area contributed by atoms with Gasteiger partial charge in [0.15, 0.2) is 5.96 Å². The van der Waals surface area contributed by atoms with Gasteiger partial charge in [-0.2, -0.15) is 5.10 Å². The number of guanidine groups is 1. The van der Waals surface area contributed by atoms with Gasteiger partial charge in [-0.05, 0) is 30.5 Å². The highest BCUT2D eigenvalue weighted by Gasteiger charge is 2.25. The molecule has 2 fully saturated rings. The van der Waals surface area contributed by atoms with Crippen molar-refractivity contribution >= 4 is 41.7 Å². The highest BCUT2D eigenvalue weighted by atomic mass is 127. The summed E-state index contributed by atoms with van der Waals surface area (Å²) in [6.07, 6.45) is 5.99. The third-order valence-corrected chi connectivity index (χ3v) is 5.70. The van der Waals surface area contributed by atoms with E-state index in [0.29, 0.717) is 13.2 Å². The molecule has 1 aromatic heterocycles. The molecule has 2 aromatic rings. The van der Waals surface area contributed by atoms with Crippen LogP contribution in [0.2, 0.25) is 0 Å². The Bertz CT molecular complexity index is 927. The molecular formula is C22H32IN7O2. The number of nitrogens with zero attached hydrogens (tertiary/aromatic N) is 5. The summed E-state index contributed by atoms with van der Waals surface area (Å²) in [6, 6.07) is 7.92.